The Bertz CT molecular complexity index is 596. The van der Waals surface area contributed by atoms with Gasteiger partial charge < -0.3 is 9.47 Å². The standard InChI is InChI=1S/C13H10BrF3O2/c1-18-7-19-11-6-10(14)8-4-2-3-5-9(8)12(11)13(15,16)17/h2-6H,7H2,1H3. The second-order valence-electron chi connectivity index (χ2n) is 3.83. The lowest BCUT2D eigenvalue weighted by molar-refractivity contribution is -0.138. The fourth-order valence-corrected chi connectivity index (χ4v) is 2.39. The maximum absolute atomic E-state index is 13.2. The summed E-state index contributed by atoms with van der Waals surface area (Å²) < 4.78 is 49.8. The average molecular weight is 335 g/mol. The van der Waals surface area contributed by atoms with E-state index in [0.717, 1.165) is 0 Å². The third-order valence-corrected chi connectivity index (χ3v) is 3.23. The molecule has 0 aliphatic rings. The van der Waals surface area contributed by atoms with Gasteiger partial charge in [0.05, 0.1) is 0 Å². The fourth-order valence-electron chi connectivity index (χ4n) is 1.84. The van der Waals surface area contributed by atoms with Crippen molar-refractivity contribution in [3.8, 4) is 5.75 Å². The Balaban J connectivity index is 2.73. The van der Waals surface area contributed by atoms with E-state index in [1.54, 1.807) is 18.2 Å². The highest BCUT2D eigenvalue weighted by Gasteiger charge is 2.37. The summed E-state index contributed by atoms with van der Waals surface area (Å²) in [7, 11) is 1.35. The van der Waals surface area contributed by atoms with Crippen LogP contribution in [0, 0.1) is 0 Å². The monoisotopic (exact) mass is 334 g/mol. The number of methoxy groups -OCH3 is 1. The van der Waals surface area contributed by atoms with Crippen molar-refractivity contribution in [2.45, 2.75) is 6.18 Å². The molecule has 0 fully saturated rings. The zero-order valence-electron chi connectivity index (χ0n) is 9.92. The molecule has 2 rings (SSSR count). The highest BCUT2D eigenvalue weighted by atomic mass is 79.9. The van der Waals surface area contributed by atoms with Crippen molar-refractivity contribution in [1.29, 1.82) is 0 Å². The van der Waals surface area contributed by atoms with Crippen LogP contribution in [0.5, 0.6) is 5.75 Å². The van der Waals surface area contributed by atoms with Gasteiger partial charge in [0.15, 0.2) is 6.79 Å². The molecule has 6 heteroatoms. The molecule has 2 nitrogen and oxygen atoms in total. The molecule has 0 amide bonds. The number of hydrogen-bond acceptors (Lipinski definition) is 2. The first-order chi connectivity index (χ1) is 8.95. The van der Waals surface area contributed by atoms with Crippen molar-refractivity contribution < 1.29 is 22.6 Å². The molecular weight excluding hydrogens is 325 g/mol. The summed E-state index contributed by atoms with van der Waals surface area (Å²) in [6, 6.07) is 7.59. The van der Waals surface area contributed by atoms with Gasteiger partial charge in [-0.25, -0.2) is 0 Å². The van der Waals surface area contributed by atoms with Crippen LogP contribution in [0.2, 0.25) is 0 Å². The molecule has 0 atom stereocenters. The first-order valence-electron chi connectivity index (χ1n) is 5.35. The van der Waals surface area contributed by atoms with Gasteiger partial charge >= 0.3 is 6.18 Å². The Morgan fingerprint density at radius 3 is 2.37 bits per heavy atom. The van der Waals surface area contributed by atoms with E-state index in [-0.39, 0.29) is 17.9 Å². The van der Waals surface area contributed by atoms with E-state index in [1.165, 1.54) is 19.2 Å². The van der Waals surface area contributed by atoms with Gasteiger partial charge in [-0.1, -0.05) is 40.2 Å². The Morgan fingerprint density at radius 2 is 1.79 bits per heavy atom. The second kappa shape index (κ2) is 5.38. The molecule has 0 radical (unpaired) electrons. The number of ether oxygens (including phenoxy) is 2. The van der Waals surface area contributed by atoms with E-state index in [2.05, 4.69) is 20.7 Å². The minimum atomic E-state index is -4.50. The summed E-state index contributed by atoms with van der Waals surface area (Å²) in [6.45, 7) is -0.242. The van der Waals surface area contributed by atoms with Gasteiger partial charge in [-0.2, -0.15) is 13.2 Å². The van der Waals surface area contributed by atoms with Gasteiger partial charge in [0.25, 0.3) is 0 Å². The summed E-state index contributed by atoms with van der Waals surface area (Å²) in [5, 5.41) is 0.579. The van der Waals surface area contributed by atoms with E-state index in [4.69, 9.17) is 4.74 Å². The molecule has 2 aromatic carbocycles. The molecule has 0 saturated carbocycles. The molecule has 0 aliphatic heterocycles. The first-order valence-corrected chi connectivity index (χ1v) is 6.14. The Kier molecular flexibility index (Phi) is 4.01. The molecule has 0 saturated heterocycles. The lowest BCUT2D eigenvalue weighted by Gasteiger charge is -2.17. The highest BCUT2D eigenvalue weighted by Crippen LogP contribution is 2.43. The van der Waals surface area contributed by atoms with Crippen LogP contribution in [0.25, 0.3) is 10.8 Å². The summed E-state index contributed by atoms with van der Waals surface area (Å²) in [5.74, 6) is -0.250. The van der Waals surface area contributed by atoms with E-state index in [0.29, 0.717) is 9.86 Å². The molecule has 102 valence electrons. The van der Waals surface area contributed by atoms with Crippen LogP contribution in [0.3, 0.4) is 0 Å². The predicted octanol–water partition coefficient (Wildman–Crippen LogP) is 4.60. The van der Waals surface area contributed by atoms with Crippen LogP contribution < -0.4 is 4.74 Å². The second-order valence-corrected chi connectivity index (χ2v) is 4.68. The van der Waals surface area contributed by atoms with Crippen LogP contribution in [0.15, 0.2) is 34.8 Å². The third-order valence-electron chi connectivity index (χ3n) is 2.57. The average Bonchev–Trinajstić information content (AvgIpc) is 2.35. The van der Waals surface area contributed by atoms with Crippen molar-refractivity contribution in [2.75, 3.05) is 13.9 Å². The van der Waals surface area contributed by atoms with Gasteiger partial charge in [0, 0.05) is 11.6 Å². The summed E-state index contributed by atoms with van der Waals surface area (Å²) in [6.07, 6.45) is -4.50. The number of alkyl halides is 3. The van der Waals surface area contributed by atoms with Crippen molar-refractivity contribution in [1.82, 2.24) is 0 Å². The number of halogens is 4. The van der Waals surface area contributed by atoms with Crippen LogP contribution in [0.4, 0.5) is 13.2 Å². The zero-order valence-corrected chi connectivity index (χ0v) is 11.5. The SMILES string of the molecule is COCOc1cc(Br)c2ccccc2c1C(F)(F)F. The highest BCUT2D eigenvalue weighted by molar-refractivity contribution is 9.10. The predicted molar refractivity (Wildman–Crippen MR) is 69.2 cm³/mol. The third kappa shape index (κ3) is 2.84. The van der Waals surface area contributed by atoms with Crippen LogP contribution in [-0.2, 0) is 10.9 Å². The van der Waals surface area contributed by atoms with Crippen molar-refractivity contribution in [3.63, 3.8) is 0 Å². The van der Waals surface area contributed by atoms with Gasteiger partial charge in [0.1, 0.15) is 11.3 Å². The minimum Gasteiger partial charge on any atom is -0.467 e. The molecular formula is C13H10BrF3O2. The largest absolute Gasteiger partial charge is 0.467 e. The molecule has 0 heterocycles. The molecule has 0 aliphatic carbocycles. The lowest BCUT2D eigenvalue weighted by atomic mass is 10.0. The van der Waals surface area contributed by atoms with Gasteiger partial charge in [0.2, 0.25) is 0 Å². The van der Waals surface area contributed by atoms with Crippen molar-refractivity contribution in [2.24, 2.45) is 0 Å². The zero-order chi connectivity index (χ0) is 14.0. The van der Waals surface area contributed by atoms with Crippen LogP contribution in [-0.4, -0.2) is 13.9 Å². The number of rotatable bonds is 3. The topological polar surface area (TPSA) is 18.5 Å². The molecule has 19 heavy (non-hydrogen) atoms. The summed E-state index contributed by atoms with van der Waals surface area (Å²) in [4.78, 5) is 0. The Morgan fingerprint density at radius 1 is 1.16 bits per heavy atom. The quantitative estimate of drug-likeness (QED) is 0.763. The summed E-state index contributed by atoms with van der Waals surface area (Å²) in [5.41, 5.74) is -0.789. The Hall–Kier alpha value is -1.27. The van der Waals surface area contributed by atoms with Crippen LogP contribution in [0.1, 0.15) is 5.56 Å². The van der Waals surface area contributed by atoms with E-state index in [9.17, 15) is 13.2 Å². The number of benzene rings is 2. The lowest BCUT2D eigenvalue weighted by Crippen LogP contribution is -2.11. The molecule has 0 unspecified atom stereocenters. The smallest absolute Gasteiger partial charge is 0.420 e. The number of fused-ring (bicyclic) bond motifs is 1. The van der Waals surface area contributed by atoms with Gasteiger partial charge in [-0.3, -0.25) is 0 Å². The minimum absolute atomic E-state index is 0.0930. The normalized spacial score (nSPS) is 11.8. The van der Waals surface area contributed by atoms with Crippen molar-refractivity contribution in [3.05, 3.63) is 40.4 Å². The van der Waals surface area contributed by atoms with Crippen LogP contribution >= 0.6 is 15.9 Å². The molecule has 0 spiro atoms. The van der Waals surface area contributed by atoms with Gasteiger partial charge in [-0.15, -0.1) is 0 Å². The summed E-state index contributed by atoms with van der Waals surface area (Å²) >= 11 is 3.25. The maximum atomic E-state index is 13.2. The van der Waals surface area contributed by atoms with Crippen molar-refractivity contribution >= 4 is 26.7 Å². The fraction of sp³-hybridized carbons (Fsp3) is 0.231. The molecule has 0 aromatic heterocycles. The number of hydrogen-bond donors (Lipinski definition) is 0. The maximum Gasteiger partial charge on any atom is 0.420 e. The molecule has 0 bridgehead atoms. The molecule has 0 N–H and O–H groups in total. The molecule has 2 aromatic rings. The van der Waals surface area contributed by atoms with E-state index in [1.807, 2.05) is 0 Å². The van der Waals surface area contributed by atoms with Gasteiger partial charge in [-0.05, 0) is 16.8 Å². The Labute approximate surface area is 116 Å². The van der Waals surface area contributed by atoms with E-state index < -0.39 is 11.7 Å². The van der Waals surface area contributed by atoms with E-state index >= 15 is 0 Å². The first kappa shape index (κ1) is 14.1.